The van der Waals surface area contributed by atoms with Crippen molar-refractivity contribution >= 4 is 16.9 Å². The van der Waals surface area contributed by atoms with Crippen molar-refractivity contribution in [1.29, 1.82) is 0 Å². The lowest BCUT2D eigenvalue weighted by atomic mass is 9.99. The molecule has 0 aliphatic carbocycles. The molecular weight excluding hydrogens is 334 g/mol. The highest BCUT2D eigenvalue weighted by Crippen LogP contribution is 2.33. The Kier molecular flexibility index (Phi) is 5.04. The molecule has 3 aromatic rings. The van der Waals surface area contributed by atoms with Crippen LogP contribution < -0.4 is 10.9 Å². The number of carboxylic acid groups (broad SMARTS) is 1. The normalized spacial score (nSPS) is 12.2. The molecule has 6 nitrogen and oxygen atoms in total. The van der Waals surface area contributed by atoms with E-state index >= 15 is 0 Å². The van der Waals surface area contributed by atoms with Gasteiger partial charge in [0, 0.05) is 18.0 Å². The van der Waals surface area contributed by atoms with Crippen LogP contribution in [0.3, 0.4) is 0 Å². The molecule has 1 heterocycles. The van der Waals surface area contributed by atoms with Crippen LogP contribution >= 0.6 is 0 Å². The predicted molar refractivity (Wildman–Crippen MR) is 98.1 cm³/mol. The summed E-state index contributed by atoms with van der Waals surface area (Å²) in [5.41, 5.74) is 1.63. The summed E-state index contributed by atoms with van der Waals surface area (Å²) in [6.07, 6.45) is 0.389. The molecule has 3 rings (SSSR count). The zero-order chi connectivity index (χ0) is 18.7. The van der Waals surface area contributed by atoms with Gasteiger partial charge in [-0.1, -0.05) is 37.3 Å². The van der Waals surface area contributed by atoms with Crippen LogP contribution in [0.15, 0.2) is 57.7 Å². The van der Waals surface area contributed by atoms with Gasteiger partial charge in [-0.3, -0.25) is 4.79 Å². The van der Waals surface area contributed by atoms with Crippen LogP contribution in [0.2, 0.25) is 0 Å². The molecule has 3 N–H and O–H groups in total. The van der Waals surface area contributed by atoms with Gasteiger partial charge in [-0.15, -0.1) is 0 Å². The first-order valence-corrected chi connectivity index (χ1v) is 8.31. The Labute approximate surface area is 149 Å². The third-order valence-electron chi connectivity index (χ3n) is 4.31. The molecule has 0 saturated carbocycles. The van der Waals surface area contributed by atoms with Crippen LogP contribution in [0.25, 0.3) is 22.1 Å². The quantitative estimate of drug-likeness (QED) is 0.589. The van der Waals surface area contributed by atoms with Gasteiger partial charge in [-0.05, 0) is 29.7 Å². The van der Waals surface area contributed by atoms with Crippen molar-refractivity contribution in [1.82, 2.24) is 5.32 Å². The maximum atomic E-state index is 12.1. The summed E-state index contributed by atoms with van der Waals surface area (Å²) in [7, 11) is 0. The van der Waals surface area contributed by atoms with Gasteiger partial charge in [0.05, 0.1) is 5.56 Å². The first kappa shape index (κ1) is 17.7. The summed E-state index contributed by atoms with van der Waals surface area (Å²) < 4.78 is 5.36. The van der Waals surface area contributed by atoms with E-state index in [0.29, 0.717) is 22.9 Å². The second kappa shape index (κ2) is 7.41. The van der Waals surface area contributed by atoms with Crippen molar-refractivity contribution < 1.29 is 19.4 Å². The zero-order valence-corrected chi connectivity index (χ0v) is 14.2. The lowest BCUT2D eigenvalue weighted by molar-refractivity contribution is -0.139. The second-order valence-corrected chi connectivity index (χ2v) is 5.97. The van der Waals surface area contributed by atoms with Gasteiger partial charge < -0.3 is 19.9 Å². The third kappa shape index (κ3) is 3.45. The number of carbonyl (C=O) groups is 1. The summed E-state index contributed by atoms with van der Waals surface area (Å²) in [5, 5.41) is 23.0. The van der Waals surface area contributed by atoms with Crippen molar-refractivity contribution in [2.24, 2.45) is 0 Å². The van der Waals surface area contributed by atoms with E-state index in [0.717, 1.165) is 5.56 Å². The Morgan fingerprint density at radius 1 is 1.19 bits per heavy atom. The number of nitrogens with one attached hydrogen (secondary N) is 1. The highest BCUT2D eigenvalue weighted by Gasteiger charge is 2.18. The van der Waals surface area contributed by atoms with Crippen LogP contribution in [0, 0.1) is 0 Å². The Balaban J connectivity index is 2.12. The Morgan fingerprint density at radius 3 is 2.58 bits per heavy atom. The minimum atomic E-state index is -0.973. The number of benzene rings is 2. The number of aliphatic carboxylic acids is 1. The van der Waals surface area contributed by atoms with Gasteiger partial charge in [0.1, 0.15) is 17.4 Å². The Hall–Kier alpha value is -3.12. The lowest BCUT2D eigenvalue weighted by Crippen LogP contribution is -2.35. The molecule has 0 aliphatic rings. The SMILES string of the molecule is CC[C@H](NCc1c(O)ccc2c(-c3ccccc3)cc(=O)oc12)C(=O)O. The van der Waals surface area contributed by atoms with E-state index in [-0.39, 0.29) is 17.9 Å². The van der Waals surface area contributed by atoms with Gasteiger partial charge >= 0.3 is 11.6 Å². The van der Waals surface area contributed by atoms with Crippen LogP contribution in [0.1, 0.15) is 18.9 Å². The van der Waals surface area contributed by atoms with E-state index in [9.17, 15) is 19.8 Å². The summed E-state index contributed by atoms with van der Waals surface area (Å²) in [6, 6.07) is 13.3. The fourth-order valence-electron chi connectivity index (χ4n) is 2.93. The van der Waals surface area contributed by atoms with Crippen LogP contribution in [0.5, 0.6) is 5.75 Å². The number of fused-ring (bicyclic) bond motifs is 1. The number of phenols is 1. The van der Waals surface area contributed by atoms with Gasteiger partial charge in [0.2, 0.25) is 0 Å². The van der Waals surface area contributed by atoms with Crippen molar-refractivity contribution in [2.75, 3.05) is 0 Å². The number of rotatable bonds is 6. The molecule has 1 aromatic heterocycles. The molecule has 6 heteroatoms. The van der Waals surface area contributed by atoms with Crippen molar-refractivity contribution in [2.45, 2.75) is 25.9 Å². The molecule has 1 atom stereocenters. The number of phenolic OH excluding ortho intramolecular Hbond substituents is 1. The van der Waals surface area contributed by atoms with Gasteiger partial charge in [-0.25, -0.2) is 4.79 Å². The van der Waals surface area contributed by atoms with Gasteiger partial charge in [0.15, 0.2) is 0 Å². The summed E-state index contributed by atoms with van der Waals surface area (Å²) in [6.45, 7) is 1.82. The van der Waals surface area contributed by atoms with Crippen LogP contribution in [-0.4, -0.2) is 22.2 Å². The maximum absolute atomic E-state index is 12.1. The van der Waals surface area contributed by atoms with E-state index in [1.165, 1.54) is 12.1 Å². The number of aromatic hydroxyl groups is 1. The second-order valence-electron chi connectivity index (χ2n) is 5.97. The van der Waals surface area contributed by atoms with Crippen LogP contribution in [-0.2, 0) is 11.3 Å². The number of hydrogen-bond donors (Lipinski definition) is 3. The van der Waals surface area contributed by atoms with Crippen molar-refractivity contribution in [3.05, 3.63) is 64.5 Å². The molecule has 0 unspecified atom stereocenters. The first-order chi connectivity index (χ1) is 12.5. The molecule has 0 saturated heterocycles. The Bertz CT molecular complexity index is 994. The molecule has 0 amide bonds. The molecule has 26 heavy (non-hydrogen) atoms. The zero-order valence-electron chi connectivity index (χ0n) is 14.2. The summed E-state index contributed by atoms with van der Waals surface area (Å²) in [4.78, 5) is 23.3. The van der Waals surface area contributed by atoms with E-state index in [2.05, 4.69) is 5.32 Å². The average Bonchev–Trinajstić information content (AvgIpc) is 2.63. The van der Waals surface area contributed by atoms with Gasteiger partial charge in [-0.2, -0.15) is 0 Å². The molecule has 0 spiro atoms. The minimum Gasteiger partial charge on any atom is -0.507 e. The van der Waals surface area contributed by atoms with Gasteiger partial charge in [0.25, 0.3) is 0 Å². The third-order valence-corrected chi connectivity index (χ3v) is 4.31. The summed E-state index contributed by atoms with van der Waals surface area (Å²) >= 11 is 0. The first-order valence-electron chi connectivity index (χ1n) is 8.31. The van der Waals surface area contributed by atoms with Crippen LogP contribution in [0.4, 0.5) is 0 Å². The smallest absolute Gasteiger partial charge is 0.336 e. The van der Waals surface area contributed by atoms with E-state index < -0.39 is 17.6 Å². The molecule has 134 valence electrons. The average molecular weight is 353 g/mol. The molecular formula is C20H19NO5. The van der Waals surface area contributed by atoms with Crippen molar-refractivity contribution in [3.8, 4) is 16.9 Å². The highest BCUT2D eigenvalue weighted by molar-refractivity contribution is 5.95. The van der Waals surface area contributed by atoms with Crippen molar-refractivity contribution in [3.63, 3.8) is 0 Å². The highest BCUT2D eigenvalue weighted by atomic mass is 16.4. The van der Waals surface area contributed by atoms with E-state index in [1.54, 1.807) is 13.0 Å². The lowest BCUT2D eigenvalue weighted by Gasteiger charge is -2.15. The number of carboxylic acids is 1. The topological polar surface area (TPSA) is 99.8 Å². The minimum absolute atomic E-state index is 0.0568. The fraction of sp³-hybridized carbons (Fsp3) is 0.200. The largest absolute Gasteiger partial charge is 0.507 e. The maximum Gasteiger partial charge on any atom is 0.336 e. The number of hydrogen-bond acceptors (Lipinski definition) is 5. The Morgan fingerprint density at radius 2 is 1.92 bits per heavy atom. The fourth-order valence-corrected chi connectivity index (χ4v) is 2.93. The molecule has 2 aromatic carbocycles. The summed E-state index contributed by atoms with van der Waals surface area (Å²) in [5.74, 6) is -1.03. The van der Waals surface area contributed by atoms with E-state index in [4.69, 9.17) is 4.42 Å². The molecule has 0 radical (unpaired) electrons. The monoisotopic (exact) mass is 353 g/mol. The molecule has 0 aliphatic heterocycles. The molecule has 0 bridgehead atoms. The van der Waals surface area contributed by atoms with E-state index in [1.807, 2.05) is 30.3 Å². The molecule has 0 fully saturated rings. The standard InChI is InChI=1S/C20H19NO5/c1-2-16(20(24)25)21-11-15-17(22)9-8-13-14(10-18(23)26-19(13)15)12-6-4-3-5-7-12/h3-10,16,21-22H,2,11H2,1H3,(H,24,25)/t16-/m0/s1. The predicted octanol–water partition coefficient (Wildman–Crippen LogP) is 3.12.